The van der Waals surface area contributed by atoms with E-state index in [2.05, 4.69) is 5.32 Å². The Kier molecular flexibility index (Phi) is 6.63. The summed E-state index contributed by atoms with van der Waals surface area (Å²) in [6, 6.07) is 8.54. The van der Waals surface area contributed by atoms with E-state index >= 15 is 0 Å². The van der Waals surface area contributed by atoms with Crippen LogP contribution in [0, 0.1) is 30.9 Å². The molecule has 0 aliphatic carbocycles. The smallest absolute Gasteiger partial charge is 0.271 e. The molecule has 8 nitrogen and oxygen atoms in total. The van der Waals surface area contributed by atoms with E-state index in [1.54, 1.807) is 32.9 Å². The topological polar surface area (TPSA) is 110 Å². The van der Waals surface area contributed by atoms with Crippen molar-refractivity contribution in [1.82, 2.24) is 0 Å². The zero-order valence-electron chi connectivity index (χ0n) is 17.1. The predicted molar refractivity (Wildman–Crippen MR) is 114 cm³/mol. The first-order chi connectivity index (χ1) is 13.5. The molecule has 2 aromatic rings. The number of sulfonamides is 1. The SMILES string of the molecule is CCC(C(=O)Nc1cc([N+](=O)[O-])ccc1C)N(c1cc(C)ccc1C)S(C)(=O)=O. The van der Waals surface area contributed by atoms with Crippen molar-refractivity contribution in [3.8, 4) is 0 Å². The fourth-order valence-corrected chi connectivity index (χ4v) is 4.33. The Hall–Kier alpha value is -2.94. The number of hydrogen-bond donors (Lipinski definition) is 1. The van der Waals surface area contributed by atoms with Gasteiger partial charge in [-0.3, -0.25) is 19.2 Å². The lowest BCUT2D eigenvalue weighted by molar-refractivity contribution is -0.384. The van der Waals surface area contributed by atoms with Gasteiger partial charge in [0.1, 0.15) is 6.04 Å². The summed E-state index contributed by atoms with van der Waals surface area (Å²) < 4.78 is 26.4. The molecule has 9 heteroatoms. The minimum Gasteiger partial charge on any atom is -0.324 e. The van der Waals surface area contributed by atoms with E-state index in [1.807, 2.05) is 13.0 Å². The third kappa shape index (κ3) is 5.11. The Morgan fingerprint density at radius 1 is 1.14 bits per heavy atom. The van der Waals surface area contributed by atoms with Crippen molar-refractivity contribution in [1.29, 1.82) is 0 Å². The molecule has 0 fully saturated rings. The van der Waals surface area contributed by atoms with Gasteiger partial charge < -0.3 is 5.32 Å². The van der Waals surface area contributed by atoms with Crippen LogP contribution in [0.25, 0.3) is 0 Å². The highest BCUT2D eigenvalue weighted by Gasteiger charge is 2.32. The van der Waals surface area contributed by atoms with Crippen LogP contribution in [0.3, 0.4) is 0 Å². The molecule has 0 heterocycles. The maximum absolute atomic E-state index is 13.0. The Labute approximate surface area is 170 Å². The van der Waals surface area contributed by atoms with Crippen molar-refractivity contribution in [2.24, 2.45) is 0 Å². The number of nitro benzene ring substituents is 1. The zero-order chi connectivity index (χ0) is 21.9. The molecule has 2 rings (SSSR count). The highest BCUT2D eigenvalue weighted by Crippen LogP contribution is 2.29. The number of nitrogens with zero attached hydrogens (tertiary/aromatic N) is 2. The van der Waals surface area contributed by atoms with Crippen LogP contribution in [-0.2, 0) is 14.8 Å². The summed E-state index contributed by atoms with van der Waals surface area (Å²) in [7, 11) is -3.77. The summed E-state index contributed by atoms with van der Waals surface area (Å²) in [5, 5.41) is 13.7. The van der Waals surface area contributed by atoms with E-state index < -0.39 is 26.9 Å². The number of benzene rings is 2. The van der Waals surface area contributed by atoms with Gasteiger partial charge in [0.25, 0.3) is 5.69 Å². The Bertz CT molecular complexity index is 1050. The molecule has 156 valence electrons. The maximum atomic E-state index is 13.0. The van der Waals surface area contributed by atoms with Crippen LogP contribution in [0.15, 0.2) is 36.4 Å². The molecule has 1 atom stereocenters. The van der Waals surface area contributed by atoms with Crippen LogP contribution in [0.1, 0.15) is 30.0 Å². The summed E-state index contributed by atoms with van der Waals surface area (Å²) in [6.45, 7) is 7.05. The quantitative estimate of drug-likeness (QED) is 0.543. The summed E-state index contributed by atoms with van der Waals surface area (Å²) in [4.78, 5) is 23.5. The third-order valence-electron chi connectivity index (χ3n) is 4.62. The highest BCUT2D eigenvalue weighted by molar-refractivity contribution is 7.92. The second kappa shape index (κ2) is 8.60. The van der Waals surface area contributed by atoms with Gasteiger partial charge in [-0.05, 0) is 49.9 Å². The minimum atomic E-state index is -3.77. The Morgan fingerprint density at radius 2 is 1.76 bits per heavy atom. The van der Waals surface area contributed by atoms with Gasteiger partial charge in [0.2, 0.25) is 15.9 Å². The predicted octanol–water partition coefficient (Wildman–Crippen LogP) is 3.70. The van der Waals surface area contributed by atoms with E-state index in [-0.39, 0.29) is 17.8 Å². The number of rotatable bonds is 7. The largest absolute Gasteiger partial charge is 0.324 e. The molecule has 0 aromatic heterocycles. The molecule has 0 saturated heterocycles. The van der Waals surface area contributed by atoms with Gasteiger partial charge in [-0.2, -0.15) is 0 Å². The van der Waals surface area contributed by atoms with Crippen LogP contribution in [0.2, 0.25) is 0 Å². The van der Waals surface area contributed by atoms with E-state index in [4.69, 9.17) is 0 Å². The minimum absolute atomic E-state index is 0.159. The number of hydrogen-bond acceptors (Lipinski definition) is 5. The lowest BCUT2D eigenvalue weighted by Crippen LogP contribution is -2.47. The van der Waals surface area contributed by atoms with Crippen LogP contribution in [-0.4, -0.2) is 31.5 Å². The second-order valence-electron chi connectivity index (χ2n) is 7.02. The molecule has 1 unspecified atom stereocenters. The number of nitro groups is 1. The molecule has 0 aliphatic rings. The number of amides is 1. The van der Waals surface area contributed by atoms with Crippen molar-refractivity contribution in [2.75, 3.05) is 15.9 Å². The number of carbonyl (C=O) groups excluding carboxylic acids is 1. The van der Waals surface area contributed by atoms with Gasteiger partial charge in [0, 0.05) is 12.1 Å². The number of anilines is 2. The Morgan fingerprint density at radius 3 is 2.31 bits per heavy atom. The molecule has 0 saturated carbocycles. The van der Waals surface area contributed by atoms with Crippen molar-refractivity contribution in [3.05, 3.63) is 63.2 Å². The van der Waals surface area contributed by atoms with Crippen molar-refractivity contribution in [2.45, 2.75) is 40.2 Å². The van der Waals surface area contributed by atoms with Crippen LogP contribution in [0.5, 0.6) is 0 Å². The maximum Gasteiger partial charge on any atom is 0.271 e. The number of nitrogens with one attached hydrogen (secondary N) is 1. The lowest BCUT2D eigenvalue weighted by atomic mass is 10.1. The molecule has 0 radical (unpaired) electrons. The van der Waals surface area contributed by atoms with Crippen molar-refractivity contribution >= 4 is 33.0 Å². The number of non-ortho nitro benzene ring substituents is 1. The van der Waals surface area contributed by atoms with Gasteiger partial charge >= 0.3 is 0 Å². The number of carbonyl (C=O) groups is 1. The zero-order valence-corrected chi connectivity index (χ0v) is 17.9. The number of aryl methyl sites for hydroxylation is 3. The third-order valence-corrected chi connectivity index (χ3v) is 5.79. The summed E-state index contributed by atoms with van der Waals surface area (Å²) in [6.07, 6.45) is 1.28. The van der Waals surface area contributed by atoms with E-state index in [0.29, 0.717) is 11.3 Å². The van der Waals surface area contributed by atoms with Gasteiger partial charge in [-0.15, -0.1) is 0 Å². The molecule has 0 aliphatic heterocycles. The average molecular weight is 420 g/mol. The van der Waals surface area contributed by atoms with Crippen LogP contribution >= 0.6 is 0 Å². The van der Waals surface area contributed by atoms with Gasteiger partial charge in [-0.1, -0.05) is 25.1 Å². The summed E-state index contributed by atoms with van der Waals surface area (Å²) in [5.74, 6) is -0.553. The van der Waals surface area contributed by atoms with Gasteiger partial charge in [0.15, 0.2) is 0 Å². The first kappa shape index (κ1) is 22.4. The first-order valence-electron chi connectivity index (χ1n) is 9.08. The highest BCUT2D eigenvalue weighted by atomic mass is 32.2. The molecular formula is C20H25N3O5S. The van der Waals surface area contributed by atoms with Crippen molar-refractivity contribution in [3.63, 3.8) is 0 Å². The van der Waals surface area contributed by atoms with E-state index in [1.165, 1.54) is 18.2 Å². The average Bonchev–Trinajstić information content (AvgIpc) is 2.62. The summed E-state index contributed by atoms with van der Waals surface area (Å²) >= 11 is 0. The molecule has 1 N–H and O–H groups in total. The van der Waals surface area contributed by atoms with E-state index in [0.717, 1.165) is 21.7 Å². The summed E-state index contributed by atoms with van der Waals surface area (Å²) in [5.41, 5.74) is 2.77. The van der Waals surface area contributed by atoms with Gasteiger partial charge in [-0.25, -0.2) is 8.42 Å². The van der Waals surface area contributed by atoms with E-state index in [9.17, 15) is 23.3 Å². The first-order valence-corrected chi connectivity index (χ1v) is 10.9. The fourth-order valence-electron chi connectivity index (χ4n) is 3.07. The Balaban J connectivity index is 2.48. The van der Waals surface area contributed by atoms with Gasteiger partial charge in [0.05, 0.1) is 22.6 Å². The van der Waals surface area contributed by atoms with Crippen LogP contribution in [0.4, 0.5) is 17.1 Å². The molecule has 0 spiro atoms. The molecular weight excluding hydrogens is 394 g/mol. The fraction of sp³-hybridized carbons (Fsp3) is 0.350. The normalized spacial score (nSPS) is 12.3. The second-order valence-corrected chi connectivity index (χ2v) is 8.88. The molecule has 2 aromatic carbocycles. The monoisotopic (exact) mass is 419 g/mol. The van der Waals surface area contributed by atoms with Crippen molar-refractivity contribution < 1.29 is 18.1 Å². The molecule has 29 heavy (non-hydrogen) atoms. The lowest BCUT2D eigenvalue weighted by Gasteiger charge is -2.31. The molecule has 1 amide bonds. The molecule has 0 bridgehead atoms. The van der Waals surface area contributed by atoms with Crippen LogP contribution < -0.4 is 9.62 Å². The standard InChI is InChI=1S/C20H25N3O5S/c1-6-18(20(24)21-17-12-16(23(25)26)10-9-14(17)3)22(29(5,27)28)19-11-13(2)7-8-15(19)4/h7-12,18H,6H2,1-5H3,(H,21,24).